The van der Waals surface area contributed by atoms with Gasteiger partial charge in [0.1, 0.15) is 30.8 Å². The number of benzene rings is 2. The zero-order chi connectivity index (χ0) is 20.5. The monoisotopic (exact) mass is 388 g/mol. The average molecular weight is 388 g/mol. The number of aliphatic carboxylic acids is 1. The van der Waals surface area contributed by atoms with Gasteiger partial charge in [0.05, 0.1) is 6.10 Å². The third kappa shape index (κ3) is 7.58. The maximum Gasteiger partial charge on any atom is 0.333 e. The van der Waals surface area contributed by atoms with Crippen LogP contribution in [-0.4, -0.2) is 47.7 Å². The van der Waals surface area contributed by atoms with Crippen LogP contribution in [0, 0.1) is 6.92 Å². The van der Waals surface area contributed by atoms with Crippen molar-refractivity contribution in [1.29, 1.82) is 0 Å². The first-order valence-electron chi connectivity index (χ1n) is 9.31. The Kier molecular flexibility index (Phi) is 8.29. The first-order valence-corrected chi connectivity index (χ1v) is 9.31. The van der Waals surface area contributed by atoms with Crippen LogP contribution in [0.4, 0.5) is 0 Å². The molecule has 0 heterocycles. The van der Waals surface area contributed by atoms with Crippen LogP contribution in [0.25, 0.3) is 0 Å². The summed E-state index contributed by atoms with van der Waals surface area (Å²) in [5.74, 6) is 0.251. The summed E-state index contributed by atoms with van der Waals surface area (Å²) in [7, 11) is 0. The molecule has 0 radical (unpaired) electrons. The molecule has 0 aliphatic heterocycles. The van der Waals surface area contributed by atoms with Crippen molar-refractivity contribution >= 4 is 5.97 Å². The predicted molar refractivity (Wildman–Crippen MR) is 106 cm³/mol. The Labute approximate surface area is 165 Å². The minimum Gasteiger partial charge on any atom is -0.491 e. The van der Waals surface area contributed by atoms with Crippen LogP contribution in [0.1, 0.15) is 25.0 Å². The lowest BCUT2D eigenvalue weighted by atomic mass is 10.1. The van der Waals surface area contributed by atoms with Gasteiger partial charge in [0.25, 0.3) is 0 Å². The second-order valence-corrected chi connectivity index (χ2v) is 6.95. The van der Waals surface area contributed by atoms with Gasteiger partial charge in [0.15, 0.2) is 6.10 Å². The number of aryl methyl sites for hydroxylation is 1. The molecule has 2 aromatic carbocycles. The van der Waals surface area contributed by atoms with E-state index in [1.807, 2.05) is 37.3 Å². The Morgan fingerprint density at radius 3 is 2.25 bits per heavy atom. The van der Waals surface area contributed by atoms with E-state index < -0.39 is 18.2 Å². The Hall–Kier alpha value is -2.57. The summed E-state index contributed by atoms with van der Waals surface area (Å²) in [5, 5.41) is 19.4. The zero-order valence-corrected chi connectivity index (χ0v) is 16.5. The zero-order valence-electron chi connectivity index (χ0n) is 16.5. The normalized spacial score (nSPS) is 13.2. The van der Waals surface area contributed by atoms with Gasteiger partial charge in [-0.2, -0.15) is 0 Å². The van der Waals surface area contributed by atoms with E-state index in [0.717, 1.165) is 11.1 Å². The predicted octanol–water partition coefficient (Wildman–Crippen LogP) is 3.23. The summed E-state index contributed by atoms with van der Waals surface area (Å²) in [6, 6.07) is 14.7. The van der Waals surface area contributed by atoms with Crippen molar-refractivity contribution in [2.75, 3.05) is 13.2 Å². The number of carboxylic acid groups (broad SMARTS) is 1. The first kappa shape index (κ1) is 21.7. The summed E-state index contributed by atoms with van der Waals surface area (Å²) in [6.07, 6.45) is -1.64. The molecule has 152 valence electrons. The number of hydrogen-bond donors (Lipinski definition) is 2. The topological polar surface area (TPSA) is 85.2 Å². The molecule has 0 spiro atoms. The summed E-state index contributed by atoms with van der Waals surface area (Å²) >= 11 is 0. The van der Waals surface area contributed by atoms with Crippen LogP contribution in [0.2, 0.25) is 0 Å². The smallest absolute Gasteiger partial charge is 0.333 e. The van der Waals surface area contributed by atoms with Crippen molar-refractivity contribution < 1.29 is 29.2 Å². The van der Waals surface area contributed by atoms with Crippen molar-refractivity contribution in [2.24, 2.45) is 0 Å². The molecule has 2 atom stereocenters. The van der Waals surface area contributed by atoms with Crippen LogP contribution in [0.15, 0.2) is 48.5 Å². The fourth-order valence-electron chi connectivity index (χ4n) is 2.57. The largest absolute Gasteiger partial charge is 0.491 e. The van der Waals surface area contributed by atoms with E-state index in [1.54, 1.807) is 32.0 Å². The first-order chi connectivity index (χ1) is 13.3. The molecule has 0 amide bonds. The Morgan fingerprint density at radius 2 is 1.64 bits per heavy atom. The minimum absolute atomic E-state index is 0.0696. The van der Waals surface area contributed by atoms with Crippen molar-refractivity contribution in [3.8, 4) is 11.5 Å². The highest BCUT2D eigenvalue weighted by Crippen LogP contribution is 2.17. The van der Waals surface area contributed by atoms with Gasteiger partial charge in [-0.25, -0.2) is 4.79 Å². The van der Waals surface area contributed by atoms with Gasteiger partial charge in [-0.05, 0) is 50.6 Å². The number of aliphatic hydroxyl groups excluding tert-OH is 1. The third-order valence-corrected chi connectivity index (χ3v) is 3.94. The Bertz CT molecular complexity index is 741. The highest BCUT2D eigenvalue weighted by Gasteiger charge is 2.20. The SMILES string of the molecule is Cc1ccc(OCC(O)COc2cccc(CC(OC(C)C)C(=O)O)c2)cc1. The van der Waals surface area contributed by atoms with Crippen LogP contribution in [-0.2, 0) is 16.0 Å². The van der Waals surface area contributed by atoms with Crippen LogP contribution >= 0.6 is 0 Å². The summed E-state index contributed by atoms with van der Waals surface area (Å²) in [4.78, 5) is 11.3. The van der Waals surface area contributed by atoms with Gasteiger partial charge in [-0.15, -0.1) is 0 Å². The second-order valence-electron chi connectivity index (χ2n) is 6.95. The minimum atomic E-state index is -0.997. The van der Waals surface area contributed by atoms with Gasteiger partial charge in [0.2, 0.25) is 0 Å². The molecule has 0 fully saturated rings. The molecule has 2 unspecified atom stereocenters. The summed E-state index contributed by atoms with van der Waals surface area (Å²) in [5.41, 5.74) is 1.93. The van der Waals surface area contributed by atoms with E-state index in [9.17, 15) is 15.0 Å². The van der Waals surface area contributed by atoms with Gasteiger partial charge in [0, 0.05) is 6.42 Å². The van der Waals surface area contributed by atoms with Crippen molar-refractivity contribution in [3.63, 3.8) is 0 Å². The summed E-state index contributed by atoms with van der Waals surface area (Å²) < 4.78 is 16.6. The molecule has 0 saturated carbocycles. The number of hydrogen-bond acceptors (Lipinski definition) is 5. The van der Waals surface area contributed by atoms with E-state index in [4.69, 9.17) is 14.2 Å². The quantitative estimate of drug-likeness (QED) is 0.615. The van der Waals surface area contributed by atoms with Crippen molar-refractivity contribution in [2.45, 2.75) is 45.5 Å². The highest BCUT2D eigenvalue weighted by atomic mass is 16.5. The molecule has 2 aromatic rings. The number of aliphatic hydroxyl groups is 1. The lowest BCUT2D eigenvalue weighted by Crippen LogP contribution is -2.29. The fraction of sp³-hybridized carbons (Fsp3) is 0.409. The molecule has 0 saturated heterocycles. The molecular formula is C22H28O6. The molecule has 28 heavy (non-hydrogen) atoms. The number of carbonyl (C=O) groups is 1. The van der Waals surface area contributed by atoms with E-state index in [1.165, 1.54) is 0 Å². The molecule has 0 aromatic heterocycles. The lowest BCUT2D eigenvalue weighted by molar-refractivity contribution is -0.153. The average Bonchev–Trinajstić information content (AvgIpc) is 2.65. The fourth-order valence-corrected chi connectivity index (χ4v) is 2.57. The van der Waals surface area contributed by atoms with E-state index in [0.29, 0.717) is 11.5 Å². The molecule has 0 aliphatic carbocycles. The molecule has 2 rings (SSSR count). The molecule has 6 nitrogen and oxygen atoms in total. The van der Waals surface area contributed by atoms with Gasteiger partial charge in [-0.3, -0.25) is 0 Å². The molecule has 0 aliphatic rings. The summed E-state index contributed by atoms with van der Waals surface area (Å²) in [6.45, 7) is 5.78. The molecular weight excluding hydrogens is 360 g/mol. The van der Waals surface area contributed by atoms with E-state index >= 15 is 0 Å². The lowest BCUT2D eigenvalue weighted by Gasteiger charge is -2.17. The van der Waals surface area contributed by atoms with E-state index in [-0.39, 0.29) is 25.7 Å². The van der Waals surface area contributed by atoms with Crippen molar-refractivity contribution in [3.05, 3.63) is 59.7 Å². The Balaban J connectivity index is 1.84. The second kappa shape index (κ2) is 10.7. The maximum atomic E-state index is 11.3. The van der Waals surface area contributed by atoms with E-state index in [2.05, 4.69) is 0 Å². The van der Waals surface area contributed by atoms with Crippen LogP contribution in [0.3, 0.4) is 0 Å². The maximum absolute atomic E-state index is 11.3. The molecule has 6 heteroatoms. The van der Waals surface area contributed by atoms with Gasteiger partial charge >= 0.3 is 5.97 Å². The number of carboxylic acids is 1. The number of ether oxygens (including phenoxy) is 3. The van der Waals surface area contributed by atoms with Crippen LogP contribution in [0.5, 0.6) is 11.5 Å². The Morgan fingerprint density at radius 1 is 1.00 bits per heavy atom. The van der Waals surface area contributed by atoms with Gasteiger partial charge in [-0.1, -0.05) is 29.8 Å². The van der Waals surface area contributed by atoms with Gasteiger partial charge < -0.3 is 24.4 Å². The standard InChI is InChI=1S/C22H28O6/c1-15(2)28-21(22(24)25)12-17-5-4-6-20(11-17)27-14-18(23)13-26-19-9-7-16(3)8-10-19/h4-11,15,18,21,23H,12-14H2,1-3H3,(H,24,25). The molecule has 2 N–H and O–H groups in total. The van der Waals surface area contributed by atoms with Crippen LogP contribution < -0.4 is 9.47 Å². The third-order valence-electron chi connectivity index (χ3n) is 3.94. The molecule has 0 bridgehead atoms. The highest BCUT2D eigenvalue weighted by molar-refractivity contribution is 5.72. The van der Waals surface area contributed by atoms with Crippen molar-refractivity contribution in [1.82, 2.24) is 0 Å². The number of rotatable bonds is 11.